The minimum absolute atomic E-state index is 0.0750. The summed E-state index contributed by atoms with van der Waals surface area (Å²) < 4.78 is 1.55. The number of aromatic nitrogens is 1. The highest BCUT2D eigenvalue weighted by Gasteiger charge is 2.24. The van der Waals surface area contributed by atoms with Crippen molar-refractivity contribution in [2.24, 2.45) is 0 Å². The molecule has 2 N–H and O–H groups in total. The number of nitrogens with zero attached hydrogens (tertiary/aromatic N) is 1. The second kappa shape index (κ2) is 3.68. The molecule has 1 aromatic carbocycles. The van der Waals surface area contributed by atoms with Crippen molar-refractivity contribution in [3.8, 4) is 0 Å². The van der Waals surface area contributed by atoms with Crippen LogP contribution < -0.4 is 5.56 Å². The van der Waals surface area contributed by atoms with Crippen molar-refractivity contribution >= 4 is 16.9 Å². The largest absolute Gasteiger partial charge is 0.479 e. The molecule has 0 saturated heterocycles. The maximum Gasteiger partial charge on any atom is 0.337 e. The second-order valence-electron chi connectivity index (χ2n) is 4.40. The van der Waals surface area contributed by atoms with Gasteiger partial charge in [0.1, 0.15) is 0 Å². The highest BCUT2D eigenvalue weighted by molar-refractivity contribution is 5.85. The first kappa shape index (κ1) is 11.0. The van der Waals surface area contributed by atoms with E-state index in [9.17, 15) is 14.7 Å². The molecule has 1 aromatic heterocycles. The standard InChI is InChI=1S/C13H11NO4/c15-11(13(17)18)9-6-8-3-1-2-7-4-5-14(10(7)8)12(9)16/h1-3,6,11,15H,4-5H2,(H,17,18). The zero-order chi connectivity index (χ0) is 12.9. The minimum atomic E-state index is -1.77. The molecule has 18 heavy (non-hydrogen) atoms. The van der Waals surface area contributed by atoms with Gasteiger partial charge in [-0.3, -0.25) is 4.79 Å². The number of hydrogen-bond donors (Lipinski definition) is 2. The van der Waals surface area contributed by atoms with Crippen LogP contribution in [0.4, 0.5) is 0 Å². The number of aliphatic hydroxyl groups is 1. The molecule has 1 atom stereocenters. The summed E-state index contributed by atoms with van der Waals surface area (Å²) in [5, 5.41) is 19.2. The van der Waals surface area contributed by atoms with E-state index in [1.165, 1.54) is 6.07 Å². The van der Waals surface area contributed by atoms with E-state index in [-0.39, 0.29) is 5.56 Å². The summed E-state index contributed by atoms with van der Waals surface area (Å²) in [5.41, 5.74) is 1.45. The molecule has 0 saturated carbocycles. The lowest BCUT2D eigenvalue weighted by Gasteiger charge is -2.10. The fourth-order valence-electron chi connectivity index (χ4n) is 2.52. The molecule has 2 heterocycles. The molecule has 5 heteroatoms. The summed E-state index contributed by atoms with van der Waals surface area (Å²) in [6.45, 7) is 0.537. The van der Waals surface area contributed by atoms with Crippen LogP contribution in [-0.4, -0.2) is 20.7 Å². The number of carbonyl (C=O) groups is 1. The third kappa shape index (κ3) is 1.37. The molecule has 1 aliphatic rings. The molecule has 0 amide bonds. The summed E-state index contributed by atoms with van der Waals surface area (Å²) in [4.78, 5) is 22.9. The Bertz CT molecular complexity index is 717. The lowest BCUT2D eigenvalue weighted by atomic mass is 10.1. The molecule has 0 radical (unpaired) electrons. The highest BCUT2D eigenvalue weighted by atomic mass is 16.4. The van der Waals surface area contributed by atoms with Crippen LogP contribution in [0.2, 0.25) is 0 Å². The normalized spacial score (nSPS) is 14.9. The third-order valence-corrected chi connectivity index (χ3v) is 3.36. The molecule has 0 spiro atoms. The van der Waals surface area contributed by atoms with Gasteiger partial charge in [-0.15, -0.1) is 0 Å². The van der Waals surface area contributed by atoms with E-state index in [1.54, 1.807) is 4.57 Å². The fourth-order valence-corrected chi connectivity index (χ4v) is 2.52. The summed E-state index contributed by atoms with van der Waals surface area (Å²) in [5.74, 6) is -1.41. The Morgan fingerprint density at radius 2 is 2.17 bits per heavy atom. The van der Waals surface area contributed by atoms with Crippen LogP contribution in [0.15, 0.2) is 29.1 Å². The molecular formula is C13H11NO4. The van der Waals surface area contributed by atoms with E-state index in [0.717, 1.165) is 22.9 Å². The Balaban J connectivity index is 2.36. The van der Waals surface area contributed by atoms with Gasteiger partial charge in [0.05, 0.1) is 11.1 Å². The number of hydrogen-bond acceptors (Lipinski definition) is 3. The number of aliphatic hydroxyl groups excluding tert-OH is 1. The van der Waals surface area contributed by atoms with Gasteiger partial charge in [0.15, 0.2) is 6.10 Å². The van der Waals surface area contributed by atoms with Gasteiger partial charge in [0, 0.05) is 6.54 Å². The molecule has 2 aromatic rings. The molecule has 1 unspecified atom stereocenters. The maximum atomic E-state index is 12.1. The zero-order valence-corrected chi connectivity index (χ0v) is 9.46. The average molecular weight is 245 g/mol. The number of carboxylic acids is 1. The summed E-state index contributed by atoms with van der Waals surface area (Å²) >= 11 is 0. The highest BCUT2D eigenvalue weighted by Crippen LogP contribution is 2.25. The summed E-state index contributed by atoms with van der Waals surface area (Å²) in [6, 6.07) is 7.12. The van der Waals surface area contributed by atoms with Crippen LogP contribution in [-0.2, 0) is 17.8 Å². The number of benzene rings is 1. The minimum Gasteiger partial charge on any atom is -0.479 e. The molecule has 0 aliphatic carbocycles. The monoisotopic (exact) mass is 245 g/mol. The van der Waals surface area contributed by atoms with E-state index >= 15 is 0 Å². The van der Waals surface area contributed by atoms with Crippen LogP contribution in [0.3, 0.4) is 0 Å². The van der Waals surface area contributed by atoms with E-state index in [1.807, 2.05) is 18.2 Å². The maximum absolute atomic E-state index is 12.1. The van der Waals surface area contributed by atoms with Gasteiger partial charge in [-0.1, -0.05) is 18.2 Å². The number of aryl methyl sites for hydroxylation is 2. The Labute approximate surface area is 102 Å². The SMILES string of the molecule is O=C(O)C(O)c1cc2cccc3c2n(c1=O)CC3. The lowest BCUT2D eigenvalue weighted by molar-refractivity contribution is -0.147. The van der Waals surface area contributed by atoms with Crippen LogP contribution in [0.5, 0.6) is 0 Å². The van der Waals surface area contributed by atoms with Crippen molar-refractivity contribution < 1.29 is 15.0 Å². The van der Waals surface area contributed by atoms with Gasteiger partial charge in [-0.25, -0.2) is 4.79 Å². The van der Waals surface area contributed by atoms with Crippen LogP contribution in [0.25, 0.3) is 10.9 Å². The van der Waals surface area contributed by atoms with Crippen molar-refractivity contribution in [2.75, 3.05) is 0 Å². The predicted molar refractivity (Wildman–Crippen MR) is 64.5 cm³/mol. The molecule has 1 aliphatic heterocycles. The van der Waals surface area contributed by atoms with E-state index in [4.69, 9.17) is 5.11 Å². The molecule has 3 rings (SSSR count). The van der Waals surface area contributed by atoms with Gasteiger partial charge in [-0.05, 0) is 23.4 Å². The van der Waals surface area contributed by atoms with E-state index in [2.05, 4.69) is 0 Å². The van der Waals surface area contributed by atoms with E-state index < -0.39 is 17.6 Å². The summed E-state index contributed by atoms with van der Waals surface area (Å²) in [6.07, 6.45) is -1.01. The smallest absolute Gasteiger partial charge is 0.337 e. The number of para-hydroxylation sites is 1. The molecule has 5 nitrogen and oxygen atoms in total. The topological polar surface area (TPSA) is 79.5 Å². The van der Waals surface area contributed by atoms with Crippen LogP contribution in [0, 0.1) is 0 Å². The van der Waals surface area contributed by atoms with Gasteiger partial charge in [0.25, 0.3) is 5.56 Å². The van der Waals surface area contributed by atoms with Crippen molar-refractivity contribution in [2.45, 2.75) is 19.1 Å². The Morgan fingerprint density at radius 3 is 2.89 bits per heavy atom. The molecular weight excluding hydrogens is 234 g/mol. The van der Waals surface area contributed by atoms with Crippen molar-refractivity contribution in [1.29, 1.82) is 0 Å². The average Bonchev–Trinajstić information content (AvgIpc) is 2.78. The van der Waals surface area contributed by atoms with Crippen LogP contribution in [0.1, 0.15) is 17.2 Å². The zero-order valence-electron chi connectivity index (χ0n) is 9.46. The number of pyridine rings is 1. The molecule has 92 valence electrons. The van der Waals surface area contributed by atoms with Crippen molar-refractivity contribution in [3.05, 3.63) is 45.7 Å². The Morgan fingerprint density at radius 1 is 1.39 bits per heavy atom. The quantitative estimate of drug-likeness (QED) is 0.815. The van der Waals surface area contributed by atoms with Crippen LogP contribution >= 0.6 is 0 Å². The van der Waals surface area contributed by atoms with Gasteiger partial charge >= 0.3 is 5.97 Å². The first-order chi connectivity index (χ1) is 8.59. The number of rotatable bonds is 2. The molecule has 0 bridgehead atoms. The number of aliphatic carboxylic acids is 1. The van der Waals surface area contributed by atoms with E-state index in [0.29, 0.717) is 6.54 Å². The fraction of sp³-hybridized carbons (Fsp3) is 0.231. The predicted octanol–water partition coefficient (Wildman–Crippen LogP) is 0.676. The van der Waals surface area contributed by atoms with Gasteiger partial charge in [-0.2, -0.15) is 0 Å². The first-order valence-electron chi connectivity index (χ1n) is 5.66. The lowest BCUT2D eigenvalue weighted by Crippen LogP contribution is -2.27. The second-order valence-corrected chi connectivity index (χ2v) is 4.40. The Kier molecular flexibility index (Phi) is 2.24. The third-order valence-electron chi connectivity index (χ3n) is 3.36. The Hall–Kier alpha value is -2.14. The van der Waals surface area contributed by atoms with Gasteiger partial charge < -0.3 is 14.8 Å². The molecule has 0 fully saturated rings. The first-order valence-corrected chi connectivity index (χ1v) is 5.66. The number of carboxylic acid groups (broad SMARTS) is 1. The van der Waals surface area contributed by atoms with Crippen molar-refractivity contribution in [1.82, 2.24) is 4.57 Å². The van der Waals surface area contributed by atoms with Crippen molar-refractivity contribution in [3.63, 3.8) is 0 Å². The van der Waals surface area contributed by atoms with Gasteiger partial charge in [0.2, 0.25) is 0 Å². The summed E-state index contributed by atoms with van der Waals surface area (Å²) in [7, 11) is 0.